The van der Waals surface area contributed by atoms with Crippen LogP contribution in [0.15, 0.2) is 54.6 Å². The topological polar surface area (TPSA) is 45.7 Å². The molecule has 5 heteroatoms. The third-order valence-electron chi connectivity index (χ3n) is 6.27. The molecule has 3 aromatic rings. The van der Waals surface area contributed by atoms with Crippen molar-refractivity contribution in [3.8, 4) is 17.0 Å². The number of para-hydroxylation sites is 1. The summed E-state index contributed by atoms with van der Waals surface area (Å²) in [5, 5.41) is 0.918. The van der Waals surface area contributed by atoms with Crippen LogP contribution >= 0.6 is 0 Å². The van der Waals surface area contributed by atoms with E-state index in [2.05, 4.69) is 18.7 Å². The van der Waals surface area contributed by atoms with E-state index in [1.54, 1.807) is 0 Å². The van der Waals surface area contributed by atoms with Crippen LogP contribution in [0.25, 0.3) is 22.2 Å². The Balaban J connectivity index is 1.51. The number of fused-ring (bicyclic) bond motifs is 1. The van der Waals surface area contributed by atoms with E-state index in [0.29, 0.717) is 6.61 Å². The highest BCUT2D eigenvalue weighted by Gasteiger charge is 2.22. The van der Waals surface area contributed by atoms with Gasteiger partial charge in [0, 0.05) is 30.6 Å². The molecule has 0 bridgehead atoms. The second-order valence-electron chi connectivity index (χ2n) is 8.32. The van der Waals surface area contributed by atoms with E-state index in [0.717, 1.165) is 85.5 Å². The molecule has 0 aliphatic carbocycles. The first-order valence-electron chi connectivity index (χ1n) is 11.8. The fourth-order valence-electron chi connectivity index (χ4n) is 4.33. The minimum atomic E-state index is 0.107. The van der Waals surface area contributed by atoms with Crippen LogP contribution in [0.5, 0.6) is 5.75 Å². The van der Waals surface area contributed by atoms with Gasteiger partial charge in [0.15, 0.2) is 0 Å². The van der Waals surface area contributed by atoms with Gasteiger partial charge in [-0.2, -0.15) is 0 Å². The molecular weight excluding hydrogens is 398 g/mol. The summed E-state index contributed by atoms with van der Waals surface area (Å²) in [4.78, 5) is 22.4. The molecule has 0 saturated carbocycles. The Morgan fingerprint density at radius 2 is 1.75 bits per heavy atom. The van der Waals surface area contributed by atoms with Gasteiger partial charge >= 0.3 is 0 Å². The molecular formula is C27H33N3O2. The van der Waals surface area contributed by atoms with Crippen molar-refractivity contribution in [3.63, 3.8) is 0 Å². The molecule has 0 atom stereocenters. The molecule has 0 spiro atoms. The molecule has 2 aromatic carbocycles. The predicted molar refractivity (Wildman–Crippen MR) is 130 cm³/mol. The molecule has 4 rings (SSSR count). The molecule has 2 heterocycles. The van der Waals surface area contributed by atoms with Crippen LogP contribution in [0.4, 0.5) is 0 Å². The van der Waals surface area contributed by atoms with E-state index in [1.165, 1.54) is 0 Å². The van der Waals surface area contributed by atoms with Gasteiger partial charge in [-0.25, -0.2) is 4.98 Å². The van der Waals surface area contributed by atoms with Crippen molar-refractivity contribution in [2.45, 2.75) is 33.1 Å². The van der Waals surface area contributed by atoms with Gasteiger partial charge in [0.2, 0.25) is 0 Å². The molecule has 1 fully saturated rings. The van der Waals surface area contributed by atoms with Crippen LogP contribution in [-0.4, -0.2) is 60.0 Å². The lowest BCUT2D eigenvalue weighted by atomic mass is 10.0. The normalized spacial score (nSPS) is 13.8. The number of hydrogen-bond donors (Lipinski definition) is 0. The maximum absolute atomic E-state index is 13.2. The van der Waals surface area contributed by atoms with E-state index >= 15 is 0 Å². The number of benzene rings is 2. The Morgan fingerprint density at radius 3 is 2.47 bits per heavy atom. The monoisotopic (exact) mass is 431 g/mol. The molecule has 0 radical (unpaired) electrons. The molecule has 1 aliphatic rings. The van der Waals surface area contributed by atoms with Crippen molar-refractivity contribution in [1.29, 1.82) is 0 Å². The van der Waals surface area contributed by atoms with Crippen molar-refractivity contribution >= 4 is 16.8 Å². The van der Waals surface area contributed by atoms with Crippen LogP contribution in [0.3, 0.4) is 0 Å². The first kappa shape index (κ1) is 22.3. The molecule has 0 unspecified atom stereocenters. The maximum Gasteiger partial charge on any atom is 0.254 e. The molecule has 5 nitrogen and oxygen atoms in total. The quantitative estimate of drug-likeness (QED) is 0.434. The largest absolute Gasteiger partial charge is 0.494 e. The molecule has 1 aliphatic heterocycles. The van der Waals surface area contributed by atoms with Crippen LogP contribution in [-0.2, 0) is 0 Å². The number of hydrogen-bond acceptors (Lipinski definition) is 4. The average Bonchev–Trinajstić information content (AvgIpc) is 3.38. The maximum atomic E-state index is 13.2. The zero-order valence-corrected chi connectivity index (χ0v) is 19.2. The predicted octanol–water partition coefficient (Wildman–Crippen LogP) is 5.25. The number of carbonyl (C=O) groups excluding carboxylic acids is 1. The standard InChI is InChI=1S/C27H33N3O2/c1-3-29(4-2)16-9-19-32-22-14-12-21(13-15-22)26-20-24(27(31)30-17-7-8-18-30)23-10-5-6-11-25(23)28-26/h5-6,10-15,20H,3-4,7-9,16-19H2,1-2H3. The first-order valence-corrected chi connectivity index (χ1v) is 11.8. The lowest BCUT2D eigenvalue weighted by Crippen LogP contribution is -2.27. The number of amides is 1. The van der Waals surface area contributed by atoms with E-state index in [4.69, 9.17) is 9.72 Å². The second-order valence-corrected chi connectivity index (χ2v) is 8.32. The zero-order chi connectivity index (χ0) is 22.3. The van der Waals surface area contributed by atoms with Crippen LogP contribution in [0, 0.1) is 0 Å². The first-order chi connectivity index (χ1) is 15.7. The summed E-state index contributed by atoms with van der Waals surface area (Å²) in [6.45, 7) is 9.97. The van der Waals surface area contributed by atoms with Gasteiger partial charge in [-0.3, -0.25) is 4.79 Å². The van der Waals surface area contributed by atoms with E-state index in [9.17, 15) is 4.79 Å². The third-order valence-corrected chi connectivity index (χ3v) is 6.27. The molecule has 1 saturated heterocycles. The lowest BCUT2D eigenvalue weighted by Gasteiger charge is -2.18. The van der Waals surface area contributed by atoms with Gasteiger partial charge in [0.1, 0.15) is 5.75 Å². The summed E-state index contributed by atoms with van der Waals surface area (Å²) in [5.41, 5.74) is 3.40. The number of carbonyl (C=O) groups is 1. The van der Waals surface area contributed by atoms with Gasteiger partial charge in [0.05, 0.1) is 23.4 Å². The summed E-state index contributed by atoms with van der Waals surface area (Å²) in [5.74, 6) is 0.970. The SMILES string of the molecule is CCN(CC)CCCOc1ccc(-c2cc(C(=O)N3CCCC3)c3ccccc3n2)cc1. The minimum Gasteiger partial charge on any atom is -0.494 e. The fraction of sp³-hybridized carbons (Fsp3) is 0.407. The molecule has 32 heavy (non-hydrogen) atoms. The molecule has 168 valence electrons. The van der Waals surface area contributed by atoms with Crippen molar-refractivity contribution in [3.05, 3.63) is 60.2 Å². The summed E-state index contributed by atoms with van der Waals surface area (Å²) in [6.07, 6.45) is 3.17. The summed E-state index contributed by atoms with van der Waals surface area (Å²) in [7, 11) is 0. The number of nitrogens with zero attached hydrogens (tertiary/aromatic N) is 3. The zero-order valence-electron chi connectivity index (χ0n) is 19.2. The Morgan fingerprint density at radius 1 is 1.03 bits per heavy atom. The van der Waals surface area contributed by atoms with Crippen molar-refractivity contribution in [2.24, 2.45) is 0 Å². The van der Waals surface area contributed by atoms with E-state index in [1.807, 2.05) is 59.5 Å². The Labute approximate surface area is 191 Å². The number of rotatable bonds is 9. The van der Waals surface area contributed by atoms with Crippen LogP contribution < -0.4 is 4.74 Å². The number of aromatic nitrogens is 1. The molecule has 1 amide bonds. The number of likely N-dealkylation sites (tertiary alicyclic amines) is 1. The van der Waals surface area contributed by atoms with E-state index in [-0.39, 0.29) is 5.91 Å². The van der Waals surface area contributed by atoms with Crippen LogP contribution in [0.2, 0.25) is 0 Å². The molecule has 0 N–H and O–H groups in total. The van der Waals surface area contributed by atoms with Crippen molar-refractivity contribution in [2.75, 3.05) is 39.3 Å². The Hall–Kier alpha value is -2.92. The summed E-state index contributed by atoms with van der Waals surface area (Å²) < 4.78 is 5.93. The van der Waals surface area contributed by atoms with Gasteiger partial charge in [-0.1, -0.05) is 32.0 Å². The minimum absolute atomic E-state index is 0.107. The Kier molecular flexibility index (Phi) is 7.38. The van der Waals surface area contributed by atoms with Gasteiger partial charge < -0.3 is 14.5 Å². The van der Waals surface area contributed by atoms with E-state index < -0.39 is 0 Å². The summed E-state index contributed by atoms with van der Waals surface area (Å²) >= 11 is 0. The highest BCUT2D eigenvalue weighted by atomic mass is 16.5. The lowest BCUT2D eigenvalue weighted by molar-refractivity contribution is 0.0794. The second kappa shape index (κ2) is 10.6. The number of ether oxygens (including phenoxy) is 1. The number of pyridine rings is 1. The fourth-order valence-corrected chi connectivity index (χ4v) is 4.33. The highest BCUT2D eigenvalue weighted by Crippen LogP contribution is 2.28. The molecule has 1 aromatic heterocycles. The smallest absolute Gasteiger partial charge is 0.254 e. The van der Waals surface area contributed by atoms with Gasteiger partial charge in [-0.05, 0) is 68.8 Å². The third kappa shape index (κ3) is 5.10. The van der Waals surface area contributed by atoms with Gasteiger partial charge in [-0.15, -0.1) is 0 Å². The van der Waals surface area contributed by atoms with Crippen molar-refractivity contribution < 1.29 is 9.53 Å². The Bertz CT molecular complexity index is 1040. The average molecular weight is 432 g/mol. The highest BCUT2D eigenvalue weighted by molar-refractivity contribution is 6.07. The van der Waals surface area contributed by atoms with Gasteiger partial charge in [0.25, 0.3) is 5.91 Å². The summed E-state index contributed by atoms with van der Waals surface area (Å²) in [6, 6.07) is 17.9. The van der Waals surface area contributed by atoms with Crippen molar-refractivity contribution in [1.82, 2.24) is 14.8 Å². The van der Waals surface area contributed by atoms with Crippen LogP contribution in [0.1, 0.15) is 43.5 Å².